The number of nitrogens with zero attached hydrogens (tertiary/aromatic N) is 2. The fraction of sp³-hybridized carbons (Fsp3) is 0.750. The molecule has 126 valence electrons. The van der Waals surface area contributed by atoms with Gasteiger partial charge >= 0.3 is 0 Å². The van der Waals surface area contributed by atoms with Gasteiger partial charge in [0.15, 0.2) is 0 Å². The van der Waals surface area contributed by atoms with Crippen LogP contribution in [0.4, 0.5) is 0 Å². The fourth-order valence-electron chi connectivity index (χ4n) is 2.94. The van der Waals surface area contributed by atoms with Crippen LogP contribution in [0, 0.1) is 19.8 Å². The molecule has 2 rings (SSSR count). The van der Waals surface area contributed by atoms with E-state index in [-0.39, 0.29) is 18.3 Å². The Labute approximate surface area is 139 Å². The third kappa shape index (κ3) is 4.99. The van der Waals surface area contributed by atoms with E-state index in [0.717, 1.165) is 38.2 Å². The number of aromatic nitrogens is 2. The average molecular weight is 329 g/mol. The highest BCUT2D eigenvalue weighted by Crippen LogP contribution is 2.16. The third-order valence-corrected chi connectivity index (χ3v) is 4.10. The number of hydrogen-bond acceptors (Lipinski definition) is 3. The molecule has 2 N–H and O–H groups in total. The van der Waals surface area contributed by atoms with Crippen molar-refractivity contribution in [1.82, 2.24) is 20.4 Å². The van der Waals surface area contributed by atoms with Crippen molar-refractivity contribution in [1.29, 1.82) is 0 Å². The van der Waals surface area contributed by atoms with E-state index in [9.17, 15) is 4.79 Å². The van der Waals surface area contributed by atoms with Crippen molar-refractivity contribution in [2.24, 2.45) is 5.92 Å². The SMILES string of the molecule is Cc1nn(CC(C)C)c(C)c1CCC(=O)NC1CCNC1.Cl. The largest absolute Gasteiger partial charge is 0.352 e. The number of rotatable bonds is 6. The van der Waals surface area contributed by atoms with Gasteiger partial charge in [-0.3, -0.25) is 9.48 Å². The molecule has 1 fully saturated rings. The summed E-state index contributed by atoms with van der Waals surface area (Å²) in [6.45, 7) is 11.4. The highest BCUT2D eigenvalue weighted by atomic mass is 35.5. The van der Waals surface area contributed by atoms with Gasteiger partial charge in [0, 0.05) is 31.2 Å². The zero-order valence-electron chi connectivity index (χ0n) is 14.1. The quantitative estimate of drug-likeness (QED) is 0.839. The average Bonchev–Trinajstić information content (AvgIpc) is 2.97. The molecular formula is C16H29ClN4O. The summed E-state index contributed by atoms with van der Waals surface area (Å²) in [5, 5.41) is 11.0. The number of aryl methyl sites for hydroxylation is 1. The lowest BCUT2D eigenvalue weighted by Gasteiger charge is -2.11. The first-order valence-corrected chi connectivity index (χ1v) is 8.00. The van der Waals surface area contributed by atoms with Crippen LogP contribution in [0.25, 0.3) is 0 Å². The summed E-state index contributed by atoms with van der Waals surface area (Å²) in [4.78, 5) is 12.0. The van der Waals surface area contributed by atoms with Crippen LogP contribution in [0.2, 0.25) is 0 Å². The summed E-state index contributed by atoms with van der Waals surface area (Å²) in [7, 11) is 0. The van der Waals surface area contributed by atoms with Crippen LogP contribution in [-0.4, -0.2) is 34.8 Å². The molecule has 2 heterocycles. The fourth-order valence-corrected chi connectivity index (χ4v) is 2.94. The van der Waals surface area contributed by atoms with Crippen LogP contribution in [0.5, 0.6) is 0 Å². The lowest BCUT2D eigenvalue weighted by Crippen LogP contribution is -2.36. The lowest BCUT2D eigenvalue weighted by molar-refractivity contribution is -0.121. The van der Waals surface area contributed by atoms with Crippen molar-refractivity contribution in [3.63, 3.8) is 0 Å². The van der Waals surface area contributed by atoms with E-state index in [2.05, 4.69) is 41.2 Å². The van der Waals surface area contributed by atoms with Crippen LogP contribution in [0.3, 0.4) is 0 Å². The molecule has 0 aromatic carbocycles. The topological polar surface area (TPSA) is 59.0 Å². The van der Waals surface area contributed by atoms with Crippen molar-refractivity contribution in [3.05, 3.63) is 17.0 Å². The molecule has 0 spiro atoms. The molecule has 0 bridgehead atoms. The molecule has 1 aromatic rings. The number of carbonyl (C=O) groups excluding carboxylic acids is 1. The molecule has 0 radical (unpaired) electrons. The van der Waals surface area contributed by atoms with Crippen molar-refractivity contribution < 1.29 is 4.79 Å². The summed E-state index contributed by atoms with van der Waals surface area (Å²) in [6, 6.07) is 0.309. The number of halogens is 1. The Bertz CT molecular complexity index is 493. The van der Waals surface area contributed by atoms with Crippen LogP contribution >= 0.6 is 12.4 Å². The Morgan fingerprint density at radius 1 is 1.45 bits per heavy atom. The Morgan fingerprint density at radius 2 is 2.18 bits per heavy atom. The summed E-state index contributed by atoms with van der Waals surface area (Å²) in [6.07, 6.45) is 2.36. The van der Waals surface area contributed by atoms with E-state index in [0.29, 0.717) is 18.4 Å². The predicted molar refractivity (Wildman–Crippen MR) is 91.5 cm³/mol. The summed E-state index contributed by atoms with van der Waals surface area (Å²) in [5.74, 6) is 0.730. The Kier molecular flexibility index (Phi) is 7.36. The molecule has 1 aliphatic rings. The monoisotopic (exact) mass is 328 g/mol. The minimum atomic E-state index is 0. The van der Waals surface area contributed by atoms with Crippen LogP contribution in [0.1, 0.15) is 43.6 Å². The molecule has 1 unspecified atom stereocenters. The van der Waals surface area contributed by atoms with Gasteiger partial charge in [-0.25, -0.2) is 0 Å². The van der Waals surface area contributed by atoms with Crippen LogP contribution in [0.15, 0.2) is 0 Å². The molecule has 1 saturated heterocycles. The maximum Gasteiger partial charge on any atom is 0.220 e. The smallest absolute Gasteiger partial charge is 0.220 e. The van der Waals surface area contributed by atoms with E-state index in [1.54, 1.807) is 0 Å². The maximum absolute atomic E-state index is 12.0. The van der Waals surface area contributed by atoms with Gasteiger partial charge in [0.2, 0.25) is 5.91 Å². The Morgan fingerprint density at radius 3 is 2.77 bits per heavy atom. The molecule has 1 atom stereocenters. The molecule has 1 amide bonds. The van der Waals surface area contributed by atoms with Gasteiger partial charge < -0.3 is 10.6 Å². The summed E-state index contributed by atoms with van der Waals surface area (Å²) >= 11 is 0. The molecule has 1 aliphatic heterocycles. The molecule has 0 aliphatic carbocycles. The van der Waals surface area contributed by atoms with E-state index < -0.39 is 0 Å². The first kappa shape index (κ1) is 19.0. The van der Waals surface area contributed by atoms with Crippen molar-refractivity contribution in [3.8, 4) is 0 Å². The summed E-state index contributed by atoms with van der Waals surface area (Å²) in [5.41, 5.74) is 3.50. The van der Waals surface area contributed by atoms with Crippen molar-refractivity contribution >= 4 is 18.3 Å². The number of hydrogen-bond donors (Lipinski definition) is 2. The van der Waals surface area contributed by atoms with Gasteiger partial charge in [0.25, 0.3) is 0 Å². The zero-order valence-corrected chi connectivity index (χ0v) is 14.9. The molecular weight excluding hydrogens is 300 g/mol. The van der Waals surface area contributed by atoms with Gasteiger partial charge in [-0.1, -0.05) is 13.8 Å². The predicted octanol–water partition coefficient (Wildman–Crippen LogP) is 1.99. The van der Waals surface area contributed by atoms with E-state index in [4.69, 9.17) is 0 Å². The molecule has 1 aromatic heterocycles. The number of nitrogens with one attached hydrogen (secondary N) is 2. The van der Waals surface area contributed by atoms with E-state index in [1.165, 1.54) is 11.3 Å². The Hall–Kier alpha value is -1.07. The second-order valence-electron chi connectivity index (χ2n) is 6.48. The molecule has 22 heavy (non-hydrogen) atoms. The van der Waals surface area contributed by atoms with Gasteiger partial charge in [-0.05, 0) is 44.7 Å². The van der Waals surface area contributed by atoms with E-state index in [1.807, 2.05) is 6.92 Å². The van der Waals surface area contributed by atoms with Gasteiger partial charge in [-0.2, -0.15) is 5.10 Å². The van der Waals surface area contributed by atoms with Gasteiger partial charge in [0.1, 0.15) is 0 Å². The van der Waals surface area contributed by atoms with Crippen molar-refractivity contribution in [2.75, 3.05) is 13.1 Å². The number of carbonyl (C=O) groups is 1. The second kappa shape index (κ2) is 8.53. The second-order valence-corrected chi connectivity index (χ2v) is 6.48. The van der Waals surface area contributed by atoms with Crippen LogP contribution in [-0.2, 0) is 17.8 Å². The van der Waals surface area contributed by atoms with Gasteiger partial charge in [-0.15, -0.1) is 12.4 Å². The van der Waals surface area contributed by atoms with E-state index >= 15 is 0 Å². The normalized spacial score (nSPS) is 17.6. The molecule has 5 nitrogen and oxygen atoms in total. The number of amides is 1. The summed E-state index contributed by atoms with van der Waals surface area (Å²) < 4.78 is 2.08. The molecule has 6 heteroatoms. The lowest BCUT2D eigenvalue weighted by atomic mass is 10.1. The minimum Gasteiger partial charge on any atom is -0.352 e. The Balaban J connectivity index is 0.00000242. The first-order valence-electron chi connectivity index (χ1n) is 8.00. The standard InChI is InChI=1S/C16H28N4O.ClH/c1-11(2)10-20-13(4)15(12(3)19-20)5-6-16(21)18-14-7-8-17-9-14;/h11,14,17H,5-10H2,1-4H3,(H,18,21);1H. The zero-order chi connectivity index (χ0) is 15.4. The minimum absolute atomic E-state index is 0. The van der Waals surface area contributed by atoms with Gasteiger partial charge in [0.05, 0.1) is 5.69 Å². The molecule has 0 saturated carbocycles. The first-order chi connectivity index (χ1) is 9.97. The maximum atomic E-state index is 12.0. The highest BCUT2D eigenvalue weighted by Gasteiger charge is 2.18. The van der Waals surface area contributed by atoms with Crippen LogP contribution < -0.4 is 10.6 Å². The van der Waals surface area contributed by atoms with Crippen molar-refractivity contribution in [2.45, 2.75) is 59.5 Å². The highest BCUT2D eigenvalue weighted by molar-refractivity contribution is 5.85. The third-order valence-electron chi connectivity index (χ3n) is 4.10.